The molecule has 6 nitrogen and oxygen atoms in total. The molecular weight excluding hydrogens is 416 g/mol. The molecule has 1 amide bonds. The molecule has 0 unspecified atom stereocenters. The first kappa shape index (κ1) is 20.3. The highest BCUT2D eigenvalue weighted by Crippen LogP contribution is 2.47. The van der Waals surface area contributed by atoms with Gasteiger partial charge < -0.3 is 19.7 Å². The fraction of sp³-hybridized carbons (Fsp3) is 0.407. The highest BCUT2D eigenvalue weighted by Gasteiger charge is 2.57. The fourth-order valence-electron chi connectivity index (χ4n) is 5.70. The maximum absolute atomic E-state index is 13.0. The summed E-state index contributed by atoms with van der Waals surface area (Å²) in [5.74, 6) is 0.426. The number of para-hydroxylation sites is 1. The Balaban J connectivity index is 1.51. The Labute approximate surface area is 192 Å². The first-order valence-corrected chi connectivity index (χ1v) is 12.0. The van der Waals surface area contributed by atoms with E-state index in [1.54, 1.807) is 0 Å². The predicted octanol–water partition coefficient (Wildman–Crippen LogP) is 4.26. The standard InChI is InChI=1S/C27H28N2O4/c30-25(28-27(12-13-27)26(31)32)18-10-11-19-21(16-18)29-14-15-33-22-9-5-4-8-20(22)24(29)23(19)17-6-2-1-3-7-17/h4-5,8-11,16-17H,1-3,6-7,12-15H2,(H,28,30)(H,31,32)/p+1. The minimum absolute atomic E-state index is 0.282. The Hall–Kier alpha value is -3.28. The molecule has 2 aromatic carbocycles. The van der Waals surface area contributed by atoms with E-state index in [9.17, 15) is 9.59 Å². The van der Waals surface area contributed by atoms with Gasteiger partial charge in [-0.2, -0.15) is 0 Å². The molecule has 1 aromatic heterocycles. The summed E-state index contributed by atoms with van der Waals surface area (Å²) in [7, 11) is 0. The summed E-state index contributed by atoms with van der Waals surface area (Å²) in [5.41, 5.74) is 4.32. The Bertz CT molecular complexity index is 1260. The van der Waals surface area contributed by atoms with Crippen molar-refractivity contribution in [2.24, 2.45) is 0 Å². The number of nitrogens with zero attached hydrogens (tertiary/aromatic N) is 1. The third-order valence-electron chi connectivity index (χ3n) is 7.63. The lowest BCUT2D eigenvalue weighted by atomic mass is 9.81. The second-order valence-electron chi connectivity index (χ2n) is 9.69. The van der Waals surface area contributed by atoms with Gasteiger partial charge in [0.1, 0.15) is 12.4 Å². The molecule has 0 spiro atoms. The SMILES string of the molecule is O=C(NC1(C(=O)[OH2+])CC1)c1ccc2c(C3CCCCC3)c3n(c2c1)CCOc1ccccc1-3. The molecular formula is C27H29N2O4+. The smallest absolute Gasteiger partial charge is 0.541 e. The number of amides is 1. The van der Waals surface area contributed by atoms with Gasteiger partial charge in [-0.1, -0.05) is 37.5 Å². The van der Waals surface area contributed by atoms with Gasteiger partial charge in [0.15, 0.2) is 5.54 Å². The van der Waals surface area contributed by atoms with Crippen molar-refractivity contribution in [1.29, 1.82) is 0 Å². The monoisotopic (exact) mass is 445 g/mol. The van der Waals surface area contributed by atoms with E-state index in [-0.39, 0.29) is 5.91 Å². The zero-order valence-electron chi connectivity index (χ0n) is 18.7. The summed E-state index contributed by atoms with van der Waals surface area (Å²) in [4.78, 5) is 24.7. The highest BCUT2D eigenvalue weighted by atomic mass is 16.5. The molecule has 3 N–H and O–H groups in total. The van der Waals surface area contributed by atoms with Crippen LogP contribution in [0.2, 0.25) is 0 Å². The molecule has 6 heteroatoms. The highest BCUT2D eigenvalue weighted by molar-refractivity contribution is 6.03. The summed E-state index contributed by atoms with van der Waals surface area (Å²) in [6.45, 7) is 1.29. The van der Waals surface area contributed by atoms with Gasteiger partial charge in [0.25, 0.3) is 5.91 Å². The van der Waals surface area contributed by atoms with Crippen LogP contribution in [-0.2, 0) is 11.3 Å². The van der Waals surface area contributed by atoms with Crippen molar-refractivity contribution < 1.29 is 19.4 Å². The van der Waals surface area contributed by atoms with Crippen molar-refractivity contribution in [3.63, 3.8) is 0 Å². The third-order valence-corrected chi connectivity index (χ3v) is 7.63. The van der Waals surface area contributed by atoms with Crippen LogP contribution in [-0.4, -0.2) is 33.7 Å². The molecule has 0 saturated heterocycles. The third kappa shape index (κ3) is 3.31. The molecule has 2 fully saturated rings. The summed E-state index contributed by atoms with van der Waals surface area (Å²) in [5, 5.41) is 11.5. The lowest BCUT2D eigenvalue weighted by molar-refractivity contribution is -0.140. The maximum Gasteiger partial charge on any atom is 0.541 e. The summed E-state index contributed by atoms with van der Waals surface area (Å²) < 4.78 is 8.42. The molecule has 2 saturated carbocycles. The molecule has 3 aromatic rings. The van der Waals surface area contributed by atoms with E-state index in [1.807, 2.05) is 24.3 Å². The van der Waals surface area contributed by atoms with E-state index in [1.165, 1.54) is 48.7 Å². The predicted molar refractivity (Wildman–Crippen MR) is 127 cm³/mol. The minimum Gasteiger partial charge on any atom is -0.563 e. The average Bonchev–Trinajstić information content (AvgIpc) is 3.59. The van der Waals surface area contributed by atoms with Crippen molar-refractivity contribution in [3.05, 3.63) is 53.6 Å². The number of carbonyl (C=O) groups excluding carboxylic acids is 2. The number of ether oxygens (including phenoxy) is 1. The van der Waals surface area contributed by atoms with E-state index in [0.29, 0.717) is 37.5 Å². The average molecular weight is 446 g/mol. The van der Waals surface area contributed by atoms with E-state index >= 15 is 0 Å². The first-order chi connectivity index (χ1) is 16.1. The lowest BCUT2D eigenvalue weighted by Crippen LogP contribution is -2.43. The number of rotatable bonds is 4. The second-order valence-corrected chi connectivity index (χ2v) is 9.69. The Morgan fingerprint density at radius 3 is 2.61 bits per heavy atom. The molecule has 0 bridgehead atoms. The van der Waals surface area contributed by atoms with Crippen molar-refractivity contribution in [2.75, 3.05) is 6.61 Å². The molecule has 2 heterocycles. The number of benzene rings is 2. The van der Waals surface area contributed by atoms with Crippen LogP contribution >= 0.6 is 0 Å². The maximum atomic E-state index is 13.0. The van der Waals surface area contributed by atoms with Crippen LogP contribution in [0.1, 0.15) is 66.8 Å². The Kier molecular flexibility index (Phi) is 4.71. The van der Waals surface area contributed by atoms with Crippen LogP contribution < -0.4 is 10.1 Å². The van der Waals surface area contributed by atoms with Gasteiger partial charge in [-0.15, -0.1) is 0 Å². The molecule has 1 aliphatic heterocycles. The molecule has 0 atom stereocenters. The van der Waals surface area contributed by atoms with Crippen LogP contribution in [0.3, 0.4) is 0 Å². The van der Waals surface area contributed by atoms with Gasteiger partial charge in [0, 0.05) is 26.8 Å². The van der Waals surface area contributed by atoms with Crippen LogP contribution in [0, 0.1) is 0 Å². The second kappa shape index (κ2) is 7.65. The molecule has 6 rings (SSSR count). The molecule has 3 aliphatic rings. The topological polar surface area (TPSA) is 83.2 Å². The number of hydrogen-bond acceptors (Lipinski definition) is 3. The van der Waals surface area contributed by atoms with Gasteiger partial charge in [-0.3, -0.25) is 4.79 Å². The van der Waals surface area contributed by atoms with Gasteiger partial charge in [-0.05, 0) is 61.4 Å². The Morgan fingerprint density at radius 2 is 1.85 bits per heavy atom. The molecule has 33 heavy (non-hydrogen) atoms. The van der Waals surface area contributed by atoms with Crippen LogP contribution in [0.5, 0.6) is 5.75 Å². The number of hydrogen-bond donors (Lipinski definition) is 1. The van der Waals surface area contributed by atoms with Gasteiger partial charge in [0.2, 0.25) is 0 Å². The van der Waals surface area contributed by atoms with E-state index in [0.717, 1.165) is 16.8 Å². The van der Waals surface area contributed by atoms with Crippen LogP contribution in [0.15, 0.2) is 42.5 Å². The largest absolute Gasteiger partial charge is 0.563 e. The zero-order chi connectivity index (χ0) is 22.6. The quantitative estimate of drug-likeness (QED) is 0.609. The zero-order valence-corrected chi connectivity index (χ0v) is 18.7. The van der Waals surface area contributed by atoms with Gasteiger partial charge in [0.05, 0.1) is 12.2 Å². The normalized spacial score (nSPS) is 19.2. The van der Waals surface area contributed by atoms with E-state index in [2.05, 4.69) is 28.1 Å². The van der Waals surface area contributed by atoms with E-state index < -0.39 is 11.5 Å². The van der Waals surface area contributed by atoms with Crippen molar-refractivity contribution in [2.45, 2.75) is 62.9 Å². The number of carbonyl (C=O) groups is 2. The van der Waals surface area contributed by atoms with Gasteiger partial charge in [-0.25, -0.2) is 0 Å². The molecule has 2 aliphatic carbocycles. The fourth-order valence-corrected chi connectivity index (χ4v) is 5.70. The van der Waals surface area contributed by atoms with Crippen LogP contribution in [0.25, 0.3) is 22.2 Å². The summed E-state index contributed by atoms with van der Waals surface area (Å²) in [6.07, 6.45) is 7.26. The number of nitrogens with one attached hydrogen (secondary N) is 1. The summed E-state index contributed by atoms with van der Waals surface area (Å²) >= 11 is 0. The number of fused-ring (bicyclic) bond motifs is 5. The Morgan fingerprint density at radius 1 is 1.06 bits per heavy atom. The molecule has 170 valence electrons. The first-order valence-electron chi connectivity index (χ1n) is 12.0. The lowest BCUT2D eigenvalue weighted by Gasteiger charge is -2.23. The minimum atomic E-state index is -0.984. The number of aromatic nitrogens is 1. The summed E-state index contributed by atoms with van der Waals surface area (Å²) in [6, 6.07) is 14.2. The van der Waals surface area contributed by atoms with Crippen molar-refractivity contribution >= 4 is 22.8 Å². The van der Waals surface area contributed by atoms with Gasteiger partial charge >= 0.3 is 5.97 Å². The molecule has 0 radical (unpaired) electrons. The van der Waals surface area contributed by atoms with E-state index in [4.69, 9.17) is 9.84 Å². The van der Waals surface area contributed by atoms with Crippen molar-refractivity contribution in [1.82, 2.24) is 9.88 Å². The van der Waals surface area contributed by atoms with Crippen LogP contribution in [0.4, 0.5) is 0 Å². The van der Waals surface area contributed by atoms with Crippen molar-refractivity contribution in [3.8, 4) is 17.0 Å².